The Morgan fingerprint density at radius 1 is 1.38 bits per heavy atom. The van der Waals surface area contributed by atoms with Crippen LogP contribution in [0, 0.1) is 0 Å². The first-order valence-electron chi connectivity index (χ1n) is 4.17. The second kappa shape index (κ2) is 5.61. The molecule has 1 rings (SSSR count). The van der Waals surface area contributed by atoms with Crippen LogP contribution in [0.1, 0.15) is 17.5 Å². The highest BCUT2D eigenvalue weighted by molar-refractivity contribution is 9.10. The number of hydrogen-bond acceptors (Lipinski definition) is 0. The second-order valence-electron chi connectivity index (χ2n) is 2.85. The fourth-order valence-corrected chi connectivity index (χ4v) is 1.64. The third-order valence-electron chi connectivity index (χ3n) is 1.85. The zero-order valence-electron chi connectivity index (χ0n) is 7.19. The fraction of sp³-hybridized carbons (Fsp3) is 0.400. The van der Waals surface area contributed by atoms with Gasteiger partial charge in [-0.1, -0.05) is 28.1 Å². The largest absolute Gasteiger partial charge is 0.246 e. The Labute approximate surface area is 91.2 Å². The maximum atomic E-state index is 12.4. The molecule has 13 heavy (non-hydrogen) atoms. The van der Waals surface area contributed by atoms with Crippen LogP contribution in [-0.2, 0) is 13.1 Å². The van der Waals surface area contributed by atoms with Gasteiger partial charge in [-0.15, -0.1) is 11.6 Å². The summed E-state index contributed by atoms with van der Waals surface area (Å²) in [6.07, 6.45) is 1.86. The molecule has 0 heterocycles. The van der Waals surface area contributed by atoms with E-state index in [1.54, 1.807) is 0 Å². The number of alkyl halides is 2. The van der Waals surface area contributed by atoms with Gasteiger partial charge in [-0.2, -0.15) is 0 Å². The summed E-state index contributed by atoms with van der Waals surface area (Å²) >= 11 is 8.87. The summed E-state index contributed by atoms with van der Waals surface area (Å²) in [4.78, 5) is 0. The molecule has 0 nitrogen and oxygen atoms in total. The highest BCUT2D eigenvalue weighted by atomic mass is 79.9. The van der Waals surface area contributed by atoms with E-state index in [0.717, 1.165) is 22.9 Å². The van der Waals surface area contributed by atoms with Crippen molar-refractivity contribution in [3.8, 4) is 0 Å². The van der Waals surface area contributed by atoms with Crippen LogP contribution >= 0.6 is 27.5 Å². The molecular weight excluding hydrogens is 254 g/mol. The Kier molecular flexibility index (Phi) is 4.74. The second-order valence-corrected chi connectivity index (χ2v) is 4.08. The minimum absolute atomic E-state index is 0.421. The highest BCUT2D eigenvalue weighted by Gasteiger charge is 2.00. The van der Waals surface area contributed by atoms with Crippen molar-refractivity contribution in [1.29, 1.82) is 0 Å². The quantitative estimate of drug-likeness (QED) is 0.719. The minimum Gasteiger partial charge on any atom is -0.246 e. The molecular formula is C10H11BrClF. The number of aryl methyl sites for hydroxylation is 1. The molecule has 0 aliphatic carbocycles. The maximum Gasteiger partial charge on any atom is 0.116 e. The van der Waals surface area contributed by atoms with E-state index in [1.165, 1.54) is 0 Å². The van der Waals surface area contributed by atoms with Crippen LogP contribution in [-0.4, -0.2) is 5.88 Å². The lowest BCUT2D eigenvalue weighted by atomic mass is 10.1. The first-order chi connectivity index (χ1) is 6.27. The lowest BCUT2D eigenvalue weighted by molar-refractivity contribution is 0.483. The molecule has 0 spiro atoms. The van der Waals surface area contributed by atoms with Gasteiger partial charge in [0.25, 0.3) is 0 Å². The number of halogens is 3. The fourth-order valence-electron chi connectivity index (χ4n) is 1.16. The van der Waals surface area contributed by atoms with Crippen LogP contribution in [0.25, 0.3) is 0 Å². The molecule has 0 atom stereocenters. The van der Waals surface area contributed by atoms with Gasteiger partial charge in [0.05, 0.1) is 0 Å². The lowest BCUT2D eigenvalue weighted by Crippen LogP contribution is -1.89. The van der Waals surface area contributed by atoms with E-state index in [9.17, 15) is 4.39 Å². The van der Waals surface area contributed by atoms with E-state index in [4.69, 9.17) is 11.6 Å². The molecule has 0 fully saturated rings. The molecule has 0 unspecified atom stereocenters. The molecule has 0 aromatic heterocycles. The molecule has 3 heteroatoms. The van der Waals surface area contributed by atoms with E-state index >= 15 is 0 Å². The van der Waals surface area contributed by atoms with Gasteiger partial charge >= 0.3 is 0 Å². The number of benzene rings is 1. The van der Waals surface area contributed by atoms with Crippen molar-refractivity contribution < 1.29 is 4.39 Å². The minimum atomic E-state index is -0.421. The molecule has 0 amide bonds. The molecule has 0 aliphatic rings. The average Bonchev–Trinajstić information content (AvgIpc) is 2.16. The molecule has 1 aromatic rings. The Balaban J connectivity index is 2.74. The third-order valence-corrected chi connectivity index (χ3v) is 2.89. The van der Waals surface area contributed by atoms with Crippen molar-refractivity contribution in [2.45, 2.75) is 19.5 Å². The average molecular weight is 266 g/mol. The normalized spacial score (nSPS) is 10.4. The molecule has 0 saturated heterocycles. The summed E-state index contributed by atoms with van der Waals surface area (Å²) in [5.41, 5.74) is 1.86. The Morgan fingerprint density at radius 3 is 2.77 bits per heavy atom. The monoisotopic (exact) mass is 264 g/mol. The SMILES string of the molecule is FCc1cc(CCCCl)ccc1Br. The Morgan fingerprint density at radius 2 is 2.15 bits per heavy atom. The van der Waals surface area contributed by atoms with Crippen LogP contribution in [0.2, 0.25) is 0 Å². The smallest absolute Gasteiger partial charge is 0.116 e. The Hall–Kier alpha value is -0.0800. The molecule has 0 aliphatic heterocycles. The van der Waals surface area contributed by atoms with Gasteiger partial charge < -0.3 is 0 Å². The van der Waals surface area contributed by atoms with Crippen molar-refractivity contribution in [2.24, 2.45) is 0 Å². The first-order valence-corrected chi connectivity index (χ1v) is 5.50. The van der Waals surface area contributed by atoms with Gasteiger partial charge in [0.15, 0.2) is 0 Å². The summed E-state index contributed by atoms with van der Waals surface area (Å²) in [7, 11) is 0. The van der Waals surface area contributed by atoms with Crippen molar-refractivity contribution >= 4 is 27.5 Å². The topological polar surface area (TPSA) is 0 Å². The number of hydrogen-bond donors (Lipinski definition) is 0. The van der Waals surface area contributed by atoms with E-state index in [-0.39, 0.29) is 0 Å². The molecule has 0 radical (unpaired) electrons. The summed E-state index contributed by atoms with van der Waals surface area (Å²) in [5.74, 6) is 0.654. The summed E-state index contributed by atoms with van der Waals surface area (Å²) in [6.45, 7) is -0.421. The summed E-state index contributed by atoms with van der Waals surface area (Å²) in [5, 5.41) is 0. The van der Waals surface area contributed by atoms with E-state index in [2.05, 4.69) is 15.9 Å². The lowest BCUT2D eigenvalue weighted by Gasteiger charge is -2.03. The van der Waals surface area contributed by atoms with E-state index in [0.29, 0.717) is 11.4 Å². The van der Waals surface area contributed by atoms with Gasteiger partial charge in [-0.25, -0.2) is 4.39 Å². The van der Waals surface area contributed by atoms with Gasteiger partial charge in [0, 0.05) is 10.4 Å². The standard InChI is InChI=1S/C10H11BrClF/c11-10-4-3-8(2-1-5-12)6-9(10)7-13/h3-4,6H,1-2,5,7H2. The zero-order valence-corrected chi connectivity index (χ0v) is 9.54. The van der Waals surface area contributed by atoms with E-state index < -0.39 is 6.67 Å². The first kappa shape index (κ1) is 11.0. The molecule has 1 aromatic carbocycles. The third kappa shape index (κ3) is 3.28. The molecule has 0 saturated carbocycles. The van der Waals surface area contributed by atoms with Crippen molar-refractivity contribution in [3.05, 3.63) is 33.8 Å². The summed E-state index contributed by atoms with van der Waals surface area (Å²) in [6, 6.07) is 5.77. The van der Waals surface area contributed by atoms with E-state index in [1.807, 2.05) is 18.2 Å². The Bertz CT molecular complexity index is 276. The predicted octanol–water partition coefficient (Wildman–Crippen LogP) is 4.09. The van der Waals surface area contributed by atoms with Gasteiger partial charge in [0.1, 0.15) is 6.67 Å². The van der Waals surface area contributed by atoms with Gasteiger partial charge in [0.2, 0.25) is 0 Å². The van der Waals surface area contributed by atoms with Gasteiger partial charge in [-0.05, 0) is 30.0 Å². The zero-order chi connectivity index (χ0) is 9.68. The van der Waals surface area contributed by atoms with Crippen LogP contribution < -0.4 is 0 Å². The predicted molar refractivity (Wildman–Crippen MR) is 58.0 cm³/mol. The van der Waals surface area contributed by atoms with Crippen molar-refractivity contribution in [3.63, 3.8) is 0 Å². The van der Waals surface area contributed by atoms with Crippen molar-refractivity contribution in [2.75, 3.05) is 5.88 Å². The van der Waals surface area contributed by atoms with Crippen LogP contribution in [0.4, 0.5) is 4.39 Å². The van der Waals surface area contributed by atoms with Gasteiger partial charge in [-0.3, -0.25) is 0 Å². The molecule has 72 valence electrons. The highest BCUT2D eigenvalue weighted by Crippen LogP contribution is 2.20. The van der Waals surface area contributed by atoms with Crippen LogP contribution in [0.15, 0.2) is 22.7 Å². The summed E-state index contributed by atoms with van der Waals surface area (Å²) < 4.78 is 13.3. The van der Waals surface area contributed by atoms with Crippen LogP contribution in [0.5, 0.6) is 0 Å². The maximum absolute atomic E-state index is 12.4. The molecule has 0 bridgehead atoms. The van der Waals surface area contributed by atoms with Crippen molar-refractivity contribution in [1.82, 2.24) is 0 Å². The molecule has 0 N–H and O–H groups in total. The number of rotatable bonds is 4. The van der Waals surface area contributed by atoms with Crippen LogP contribution in [0.3, 0.4) is 0 Å².